The third-order valence-corrected chi connectivity index (χ3v) is 2.91. The largest absolute Gasteiger partial charge is 0.496 e. The molecule has 1 aliphatic rings. The number of hydrogen-bond donors (Lipinski definition) is 0. The van der Waals surface area contributed by atoms with Crippen LogP contribution in [0.25, 0.3) is 0 Å². The normalized spacial score (nSPS) is 17.6. The van der Waals surface area contributed by atoms with Crippen LogP contribution in [0, 0.1) is 0 Å². The first-order chi connectivity index (χ1) is 8.90. The first-order valence-electron chi connectivity index (χ1n) is 5.38. The van der Waals surface area contributed by atoms with Crippen molar-refractivity contribution in [2.45, 2.75) is 12.1 Å². The van der Waals surface area contributed by atoms with Crippen molar-refractivity contribution >= 4 is 5.97 Å². The number of rotatable bonds is 2. The van der Waals surface area contributed by atoms with Crippen LogP contribution in [0.2, 0.25) is 0 Å². The zero-order valence-electron chi connectivity index (χ0n) is 10.2. The van der Waals surface area contributed by atoms with Gasteiger partial charge in [-0.3, -0.25) is 4.79 Å². The minimum atomic E-state index is -4.55. The second kappa shape index (κ2) is 4.64. The van der Waals surface area contributed by atoms with Crippen molar-refractivity contribution < 1.29 is 32.2 Å². The molecule has 1 aromatic rings. The number of fused-ring (bicyclic) bond motifs is 1. The molecule has 104 valence electrons. The van der Waals surface area contributed by atoms with Crippen LogP contribution < -0.4 is 9.47 Å². The molecule has 1 unspecified atom stereocenters. The van der Waals surface area contributed by atoms with Gasteiger partial charge in [0, 0.05) is 0 Å². The zero-order chi connectivity index (χ0) is 14.2. The van der Waals surface area contributed by atoms with E-state index in [1.807, 2.05) is 0 Å². The highest BCUT2D eigenvalue weighted by molar-refractivity contribution is 5.82. The van der Waals surface area contributed by atoms with Gasteiger partial charge in [-0.25, -0.2) is 0 Å². The summed E-state index contributed by atoms with van der Waals surface area (Å²) in [7, 11) is 2.48. The Bertz CT molecular complexity index is 510. The van der Waals surface area contributed by atoms with Gasteiger partial charge in [0.2, 0.25) is 0 Å². The van der Waals surface area contributed by atoms with Gasteiger partial charge in [-0.2, -0.15) is 13.2 Å². The monoisotopic (exact) mass is 276 g/mol. The Balaban J connectivity index is 2.59. The predicted molar refractivity (Wildman–Crippen MR) is 58.2 cm³/mol. The lowest BCUT2D eigenvalue weighted by molar-refractivity contribution is -0.142. The van der Waals surface area contributed by atoms with Crippen LogP contribution >= 0.6 is 0 Å². The van der Waals surface area contributed by atoms with Crippen LogP contribution in [0.4, 0.5) is 13.2 Å². The van der Waals surface area contributed by atoms with Gasteiger partial charge in [-0.15, -0.1) is 0 Å². The number of methoxy groups -OCH3 is 2. The summed E-state index contributed by atoms with van der Waals surface area (Å²) in [6, 6.07) is 2.05. The molecule has 0 fully saturated rings. The average Bonchev–Trinajstić information content (AvgIpc) is 2.80. The molecular formula is C12H11F3O4. The maximum Gasteiger partial charge on any atom is 0.419 e. The van der Waals surface area contributed by atoms with E-state index in [-0.39, 0.29) is 23.7 Å². The Morgan fingerprint density at radius 3 is 2.58 bits per heavy atom. The second-order valence-electron chi connectivity index (χ2n) is 3.94. The molecule has 0 amide bonds. The van der Waals surface area contributed by atoms with Crippen LogP contribution in [0.3, 0.4) is 0 Å². The molecule has 1 heterocycles. The van der Waals surface area contributed by atoms with E-state index in [0.717, 1.165) is 6.07 Å². The highest BCUT2D eigenvalue weighted by Gasteiger charge is 2.43. The SMILES string of the molecule is COC(=O)C1COc2c(C(F)(F)F)ccc(OC)c21. The first kappa shape index (κ1) is 13.5. The lowest BCUT2D eigenvalue weighted by atomic mass is 9.97. The van der Waals surface area contributed by atoms with E-state index in [1.165, 1.54) is 20.3 Å². The Labute approximate surface area is 107 Å². The number of esters is 1. The van der Waals surface area contributed by atoms with Gasteiger partial charge in [0.1, 0.15) is 24.0 Å². The summed E-state index contributed by atoms with van der Waals surface area (Å²) in [6.07, 6.45) is -4.55. The molecule has 2 rings (SSSR count). The zero-order valence-corrected chi connectivity index (χ0v) is 10.2. The highest BCUT2D eigenvalue weighted by atomic mass is 19.4. The Morgan fingerprint density at radius 1 is 1.37 bits per heavy atom. The van der Waals surface area contributed by atoms with E-state index in [0.29, 0.717) is 0 Å². The van der Waals surface area contributed by atoms with Gasteiger partial charge >= 0.3 is 12.1 Å². The lowest BCUT2D eigenvalue weighted by Gasteiger charge is -2.14. The summed E-state index contributed by atoms with van der Waals surface area (Å²) < 4.78 is 53.1. The van der Waals surface area contributed by atoms with E-state index < -0.39 is 23.6 Å². The number of halogens is 3. The minimum Gasteiger partial charge on any atom is -0.496 e. The quantitative estimate of drug-likeness (QED) is 0.778. The third-order valence-electron chi connectivity index (χ3n) is 2.91. The van der Waals surface area contributed by atoms with Crippen LogP contribution in [0.5, 0.6) is 11.5 Å². The number of benzene rings is 1. The molecule has 19 heavy (non-hydrogen) atoms. The predicted octanol–water partition coefficient (Wildman–Crippen LogP) is 2.36. The van der Waals surface area contributed by atoms with Gasteiger partial charge in [0.15, 0.2) is 0 Å². The van der Waals surface area contributed by atoms with Crippen molar-refractivity contribution in [3.8, 4) is 11.5 Å². The molecule has 1 atom stereocenters. The van der Waals surface area contributed by atoms with Crippen LogP contribution in [-0.2, 0) is 15.7 Å². The fourth-order valence-corrected chi connectivity index (χ4v) is 2.05. The minimum absolute atomic E-state index is 0.0872. The van der Waals surface area contributed by atoms with E-state index in [4.69, 9.17) is 9.47 Å². The van der Waals surface area contributed by atoms with Crippen LogP contribution in [-0.4, -0.2) is 26.8 Å². The molecule has 1 aliphatic heterocycles. The Hall–Kier alpha value is -1.92. The van der Waals surface area contributed by atoms with Crippen LogP contribution in [0.1, 0.15) is 17.0 Å². The van der Waals surface area contributed by atoms with Gasteiger partial charge in [-0.05, 0) is 12.1 Å². The van der Waals surface area contributed by atoms with Crippen molar-refractivity contribution in [2.24, 2.45) is 0 Å². The molecule has 1 aromatic carbocycles. The molecule has 0 saturated carbocycles. The van der Waals surface area contributed by atoms with Gasteiger partial charge < -0.3 is 14.2 Å². The second-order valence-corrected chi connectivity index (χ2v) is 3.94. The number of carbonyl (C=O) groups excluding carboxylic acids is 1. The summed E-state index contributed by atoms with van der Waals surface area (Å²) in [5.74, 6) is -1.74. The van der Waals surface area contributed by atoms with Crippen molar-refractivity contribution in [2.75, 3.05) is 20.8 Å². The van der Waals surface area contributed by atoms with Crippen molar-refractivity contribution in [1.82, 2.24) is 0 Å². The molecule has 0 bridgehead atoms. The molecule has 0 aliphatic carbocycles. The first-order valence-corrected chi connectivity index (χ1v) is 5.38. The molecule has 0 spiro atoms. The summed E-state index contributed by atoms with van der Waals surface area (Å²) in [4.78, 5) is 11.6. The van der Waals surface area contributed by atoms with E-state index in [1.54, 1.807) is 0 Å². The standard InChI is InChI=1S/C12H11F3O4/c1-17-8-4-3-7(12(13,14)15)10-9(8)6(5-19-10)11(16)18-2/h3-4,6H,5H2,1-2H3. The molecule has 4 nitrogen and oxygen atoms in total. The topological polar surface area (TPSA) is 44.8 Å². The lowest BCUT2D eigenvalue weighted by Crippen LogP contribution is -2.15. The van der Waals surface area contributed by atoms with Crippen molar-refractivity contribution in [1.29, 1.82) is 0 Å². The van der Waals surface area contributed by atoms with Gasteiger partial charge in [-0.1, -0.05) is 0 Å². The fourth-order valence-electron chi connectivity index (χ4n) is 2.05. The number of hydrogen-bond acceptors (Lipinski definition) is 4. The smallest absolute Gasteiger partial charge is 0.419 e. The van der Waals surface area contributed by atoms with Gasteiger partial charge in [0.25, 0.3) is 0 Å². The van der Waals surface area contributed by atoms with E-state index in [9.17, 15) is 18.0 Å². The molecule has 0 N–H and O–H groups in total. The highest BCUT2D eigenvalue weighted by Crippen LogP contribution is 2.48. The van der Waals surface area contributed by atoms with Crippen LogP contribution in [0.15, 0.2) is 12.1 Å². The molecular weight excluding hydrogens is 265 g/mol. The maximum atomic E-state index is 12.9. The van der Waals surface area contributed by atoms with E-state index >= 15 is 0 Å². The average molecular weight is 276 g/mol. The summed E-state index contributed by atoms with van der Waals surface area (Å²) in [6.45, 7) is -0.189. The summed E-state index contributed by atoms with van der Waals surface area (Å²) in [5.41, 5.74) is -0.834. The molecule has 7 heteroatoms. The summed E-state index contributed by atoms with van der Waals surface area (Å²) in [5, 5.41) is 0. The van der Waals surface area contributed by atoms with E-state index in [2.05, 4.69) is 4.74 Å². The Kier molecular flexibility index (Phi) is 3.30. The van der Waals surface area contributed by atoms with Crippen molar-refractivity contribution in [3.05, 3.63) is 23.3 Å². The number of ether oxygens (including phenoxy) is 3. The Morgan fingerprint density at radius 2 is 2.05 bits per heavy atom. The number of carbonyl (C=O) groups is 1. The molecule has 0 saturated heterocycles. The molecule has 0 aromatic heterocycles. The fraction of sp³-hybridized carbons (Fsp3) is 0.417. The summed E-state index contributed by atoms with van der Waals surface area (Å²) >= 11 is 0. The van der Waals surface area contributed by atoms with Gasteiger partial charge in [0.05, 0.1) is 25.3 Å². The number of alkyl halides is 3. The van der Waals surface area contributed by atoms with Crippen molar-refractivity contribution in [3.63, 3.8) is 0 Å². The third kappa shape index (κ3) is 2.20. The maximum absolute atomic E-state index is 12.9. The molecule has 0 radical (unpaired) electrons.